The molecule has 0 aromatic carbocycles. The Labute approximate surface area is 107 Å². The molecule has 7 nitrogen and oxygen atoms in total. The standard InChI is InChI=1S/C11H21NO6/c1-10(2,3)17-9(15)12(16-7-8(13)14)18-11(4,5)6/h7H2,1-6H3,(H,13,14). The smallest absolute Gasteiger partial charge is 0.460 e. The molecule has 0 fully saturated rings. The lowest BCUT2D eigenvalue weighted by Crippen LogP contribution is -2.42. The molecule has 1 N–H and O–H groups in total. The molecule has 0 saturated carbocycles. The predicted octanol–water partition coefficient (Wildman–Crippen LogP) is 1.97. The predicted molar refractivity (Wildman–Crippen MR) is 62.5 cm³/mol. The maximum absolute atomic E-state index is 11.7. The van der Waals surface area contributed by atoms with Gasteiger partial charge in [-0.15, -0.1) is 0 Å². The van der Waals surface area contributed by atoms with Crippen molar-refractivity contribution in [3.05, 3.63) is 0 Å². The molecule has 0 heterocycles. The van der Waals surface area contributed by atoms with E-state index in [0.29, 0.717) is 5.23 Å². The zero-order valence-corrected chi connectivity index (χ0v) is 11.6. The van der Waals surface area contributed by atoms with Crippen LogP contribution in [0.2, 0.25) is 0 Å². The van der Waals surface area contributed by atoms with Crippen molar-refractivity contribution < 1.29 is 29.1 Å². The Hall–Kier alpha value is -1.34. The zero-order valence-electron chi connectivity index (χ0n) is 11.6. The topological polar surface area (TPSA) is 85.3 Å². The summed E-state index contributed by atoms with van der Waals surface area (Å²) in [4.78, 5) is 32.0. The number of carbonyl (C=O) groups is 2. The normalized spacial score (nSPS) is 12.1. The van der Waals surface area contributed by atoms with E-state index in [1.165, 1.54) is 0 Å². The molecule has 0 bridgehead atoms. The molecular formula is C11H21NO6. The molecule has 106 valence electrons. The first kappa shape index (κ1) is 16.7. The minimum Gasteiger partial charge on any atom is -0.479 e. The molecule has 0 spiro atoms. The average molecular weight is 263 g/mol. The molecule has 1 amide bonds. The van der Waals surface area contributed by atoms with Crippen molar-refractivity contribution in [2.75, 3.05) is 6.61 Å². The summed E-state index contributed by atoms with van der Waals surface area (Å²) >= 11 is 0. The maximum atomic E-state index is 11.7. The van der Waals surface area contributed by atoms with Gasteiger partial charge in [-0.25, -0.2) is 19.3 Å². The van der Waals surface area contributed by atoms with Gasteiger partial charge in [0.1, 0.15) is 5.60 Å². The van der Waals surface area contributed by atoms with Crippen LogP contribution >= 0.6 is 0 Å². The second-order valence-electron chi connectivity index (χ2n) is 5.61. The first-order chi connectivity index (χ1) is 7.91. The average Bonchev–Trinajstić information content (AvgIpc) is 2.06. The zero-order chi connectivity index (χ0) is 14.6. The number of carboxylic acids is 1. The summed E-state index contributed by atoms with van der Waals surface area (Å²) in [6, 6.07) is 0. The van der Waals surface area contributed by atoms with Crippen LogP contribution < -0.4 is 0 Å². The van der Waals surface area contributed by atoms with Gasteiger partial charge in [-0.1, -0.05) is 0 Å². The van der Waals surface area contributed by atoms with Crippen LogP contribution in [0.1, 0.15) is 41.5 Å². The van der Waals surface area contributed by atoms with Crippen molar-refractivity contribution in [3.63, 3.8) is 0 Å². The lowest BCUT2D eigenvalue weighted by molar-refractivity contribution is -0.370. The highest BCUT2D eigenvalue weighted by atomic mass is 17.0. The Morgan fingerprint density at radius 1 is 1.06 bits per heavy atom. The van der Waals surface area contributed by atoms with Crippen LogP contribution in [0.5, 0.6) is 0 Å². The first-order valence-electron chi connectivity index (χ1n) is 5.48. The van der Waals surface area contributed by atoms with Gasteiger partial charge in [0.05, 0.1) is 5.60 Å². The van der Waals surface area contributed by atoms with E-state index in [1.807, 2.05) is 0 Å². The van der Waals surface area contributed by atoms with Gasteiger partial charge in [-0.05, 0) is 46.8 Å². The van der Waals surface area contributed by atoms with Crippen molar-refractivity contribution in [1.29, 1.82) is 0 Å². The molecule has 0 rings (SSSR count). The fourth-order valence-electron chi connectivity index (χ4n) is 0.778. The molecule has 0 aliphatic rings. The summed E-state index contributed by atoms with van der Waals surface area (Å²) in [6.07, 6.45) is -0.904. The molecule has 0 atom stereocenters. The van der Waals surface area contributed by atoms with Gasteiger partial charge in [0.15, 0.2) is 6.61 Å². The van der Waals surface area contributed by atoms with Gasteiger partial charge in [0.2, 0.25) is 0 Å². The number of nitrogens with zero attached hydrogens (tertiary/aromatic N) is 1. The van der Waals surface area contributed by atoms with E-state index in [0.717, 1.165) is 0 Å². The summed E-state index contributed by atoms with van der Waals surface area (Å²) in [7, 11) is 0. The highest BCUT2D eigenvalue weighted by Gasteiger charge is 2.28. The van der Waals surface area contributed by atoms with Crippen LogP contribution in [0.3, 0.4) is 0 Å². The minimum atomic E-state index is -1.22. The Kier molecular flexibility index (Phi) is 5.56. The molecule has 0 unspecified atom stereocenters. The molecule has 0 aromatic rings. The van der Waals surface area contributed by atoms with E-state index in [4.69, 9.17) is 19.5 Å². The van der Waals surface area contributed by atoms with Crippen LogP contribution in [-0.2, 0) is 19.2 Å². The van der Waals surface area contributed by atoms with E-state index in [9.17, 15) is 9.59 Å². The Morgan fingerprint density at radius 2 is 1.56 bits per heavy atom. The summed E-state index contributed by atoms with van der Waals surface area (Å²) in [6.45, 7) is 9.40. The van der Waals surface area contributed by atoms with Crippen molar-refractivity contribution in [2.24, 2.45) is 0 Å². The number of ether oxygens (including phenoxy) is 1. The van der Waals surface area contributed by atoms with E-state index in [-0.39, 0.29) is 0 Å². The minimum absolute atomic E-state index is 0.458. The van der Waals surface area contributed by atoms with Crippen LogP contribution in [-0.4, -0.2) is 40.2 Å². The van der Waals surface area contributed by atoms with Crippen molar-refractivity contribution in [3.8, 4) is 0 Å². The molecule has 0 radical (unpaired) electrons. The number of hydrogen-bond donors (Lipinski definition) is 1. The third-order valence-corrected chi connectivity index (χ3v) is 1.20. The molecular weight excluding hydrogens is 242 g/mol. The van der Waals surface area contributed by atoms with Crippen LogP contribution in [0, 0.1) is 0 Å². The van der Waals surface area contributed by atoms with Crippen molar-refractivity contribution in [2.45, 2.75) is 52.7 Å². The maximum Gasteiger partial charge on any atom is 0.460 e. The van der Waals surface area contributed by atoms with Crippen molar-refractivity contribution in [1.82, 2.24) is 5.23 Å². The quantitative estimate of drug-likeness (QED) is 0.780. The first-order valence-corrected chi connectivity index (χ1v) is 5.48. The summed E-state index contributed by atoms with van der Waals surface area (Å²) in [5.74, 6) is -1.22. The van der Waals surface area contributed by atoms with Crippen LogP contribution in [0.15, 0.2) is 0 Å². The third-order valence-electron chi connectivity index (χ3n) is 1.20. The Balaban J connectivity index is 4.64. The second-order valence-corrected chi connectivity index (χ2v) is 5.61. The highest BCUT2D eigenvalue weighted by Crippen LogP contribution is 2.15. The SMILES string of the molecule is CC(C)(C)OC(=O)N(OCC(=O)O)OC(C)(C)C. The molecule has 0 aliphatic carbocycles. The van der Waals surface area contributed by atoms with Gasteiger partial charge >= 0.3 is 12.1 Å². The van der Waals surface area contributed by atoms with E-state index >= 15 is 0 Å². The van der Waals surface area contributed by atoms with Crippen LogP contribution in [0.25, 0.3) is 0 Å². The number of hydroxylamine groups is 2. The third kappa shape index (κ3) is 8.77. The number of aliphatic carboxylic acids is 1. The lowest BCUT2D eigenvalue weighted by atomic mass is 10.2. The van der Waals surface area contributed by atoms with Gasteiger partial charge < -0.3 is 9.84 Å². The highest BCUT2D eigenvalue weighted by molar-refractivity contribution is 5.69. The summed E-state index contributed by atoms with van der Waals surface area (Å²) in [5.41, 5.74) is -1.46. The fraction of sp³-hybridized carbons (Fsp3) is 0.818. The van der Waals surface area contributed by atoms with Gasteiger partial charge in [-0.2, -0.15) is 0 Å². The Bertz CT molecular complexity index is 302. The number of carbonyl (C=O) groups excluding carboxylic acids is 1. The molecule has 0 aliphatic heterocycles. The number of carboxylic acid groups (broad SMARTS) is 1. The van der Waals surface area contributed by atoms with Crippen molar-refractivity contribution >= 4 is 12.1 Å². The van der Waals surface area contributed by atoms with E-state index in [2.05, 4.69) is 0 Å². The van der Waals surface area contributed by atoms with E-state index in [1.54, 1.807) is 41.5 Å². The fourth-order valence-corrected chi connectivity index (χ4v) is 0.778. The van der Waals surface area contributed by atoms with E-state index < -0.39 is 29.9 Å². The largest absolute Gasteiger partial charge is 0.479 e. The molecule has 0 aromatic heterocycles. The summed E-state index contributed by atoms with van der Waals surface area (Å²) < 4.78 is 5.02. The van der Waals surface area contributed by atoms with Gasteiger partial charge in [-0.3, -0.25) is 0 Å². The molecule has 0 saturated heterocycles. The lowest BCUT2D eigenvalue weighted by Gasteiger charge is -2.29. The van der Waals surface area contributed by atoms with Gasteiger partial charge in [0, 0.05) is 0 Å². The molecule has 18 heavy (non-hydrogen) atoms. The number of rotatable bonds is 4. The second kappa shape index (κ2) is 6.01. The monoisotopic (exact) mass is 263 g/mol. The number of hydrogen-bond acceptors (Lipinski definition) is 5. The molecule has 7 heteroatoms. The number of amides is 1. The summed E-state index contributed by atoms with van der Waals surface area (Å²) in [5, 5.41) is 8.97. The van der Waals surface area contributed by atoms with Crippen LogP contribution in [0.4, 0.5) is 4.79 Å². The van der Waals surface area contributed by atoms with Gasteiger partial charge in [0.25, 0.3) is 0 Å². The Morgan fingerprint density at radius 3 is 1.89 bits per heavy atom.